The summed E-state index contributed by atoms with van der Waals surface area (Å²) in [6.07, 6.45) is 5.33. The monoisotopic (exact) mass is 247 g/mol. The van der Waals surface area contributed by atoms with E-state index >= 15 is 0 Å². The average Bonchev–Trinajstić information content (AvgIpc) is 2.71. The van der Waals surface area contributed by atoms with Gasteiger partial charge in [0.15, 0.2) is 0 Å². The van der Waals surface area contributed by atoms with Gasteiger partial charge in [0.1, 0.15) is 5.69 Å². The van der Waals surface area contributed by atoms with Gasteiger partial charge >= 0.3 is 0 Å². The van der Waals surface area contributed by atoms with Crippen LogP contribution >= 0.6 is 0 Å². The fraction of sp³-hybridized carbons (Fsp3) is 0.571. The summed E-state index contributed by atoms with van der Waals surface area (Å²) in [4.78, 5) is 15.0. The molecule has 1 fully saturated rings. The first-order valence-corrected chi connectivity index (χ1v) is 6.64. The standard InChI is InChI=1S/C14H21N3O/c1-3-10-4-5-12(9(10)2)17-11-6-7-16-13(8-11)14(15)18/h6-10,12H,3-5H2,1-2H3,(H2,15,18)(H,16,17). The number of carbonyl (C=O) groups is 1. The molecule has 1 aliphatic carbocycles. The van der Waals surface area contributed by atoms with Crippen LogP contribution in [-0.2, 0) is 0 Å². The molecule has 0 spiro atoms. The summed E-state index contributed by atoms with van der Waals surface area (Å²) in [6.45, 7) is 4.55. The van der Waals surface area contributed by atoms with Gasteiger partial charge < -0.3 is 11.1 Å². The second-order valence-corrected chi connectivity index (χ2v) is 5.15. The van der Waals surface area contributed by atoms with E-state index in [0.29, 0.717) is 17.7 Å². The molecule has 4 heteroatoms. The molecule has 1 amide bonds. The Labute approximate surface area is 108 Å². The van der Waals surface area contributed by atoms with Crippen LogP contribution in [-0.4, -0.2) is 16.9 Å². The van der Waals surface area contributed by atoms with Crippen LogP contribution in [0.5, 0.6) is 0 Å². The van der Waals surface area contributed by atoms with Gasteiger partial charge in [-0.05, 0) is 36.8 Å². The quantitative estimate of drug-likeness (QED) is 0.858. The molecule has 1 aromatic rings. The first-order chi connectivity index (χ1) is 8.61. The number of anilines is 1. The maximum atomic E-state index is 11.1. The van der Waals surface area contributed by atoms with Crippen LogP contribution in [0.2, 0.25) is 0 Å². The van der Waals surface area contributed by atoms with Crippen LogP contribution in [0.3, 0.4) is 0 Å². The maximum absolute atomic E-state index is 11.1. The Balaban J connectivity index is 2.06. The van der Waals surface area contributed by atoms with Crippen molar-refractivity contribution in [3.63, 3.8) is 0 Å². The molecule has 1 saturated carbocycles. The Morgan fingerprint density at radius 3 is 2.94 bits per heavy atom. The minimum Gasteiger partial charge on any atom is -0.382 e. The van der Waals surface area contributed by atoms with Crippen molar-refractivity contribution in [3.8, 4) is 0 Å². The highest BCUT2D eigenvalue weighted by Gasteiger charge is 2.31. The van der Waals surface area contributed by atoms with Gasteiger partial charge in [-0.25, -0.2) is 0 Å². The third kappa shape index (κ3) is 2.63. The summed E-state index contributed by atoms with van der Waals surface area (Å²) in [5, 5.41) is 3.50. The van der Waals surface area contributed by atoms with Crippen molar-refractivity contribution in [2.75, 3.05) is 5.32 Å². The molecule has 98 valence electrons. The molecule has 1 aliphatic rings. The van der Waals surface area contributed by atoms with Crippen LogP contribution in [0.25, 0.3) is 0 Å². The van der Waals surface area contributed by atoms with Gasteiger partial charge in [-0.3, -0.25) is 9.78 Å². The Morgan fingerprint density at radius 1 is 1.56 bits per heavy atom. The predicted molar refractivity (Wildman–Crippen MR) is 72.3 cm³/mol. The number of nitrogens with two attached hydrogens (primary N) is 1. The Hall–Kier alpha value is -1.58. The third-order valence-electron chi connectivity index (χ3n) is 4.12. The molecule has 4 nitrogen and oxygen atoms in total. The molecular weight excluding hydrogens is 226 g/mol. The van der Waals surface area contributed by atoms with Crippen molar-refractivity contribution < 1.29 is 4.79 Å². The van der Waals surface area contributed by atoms with Crippen molar-refractivity contribution in [1.82, 2.24) is 4.98 Å². The fourth-order valence-corrected chi connectivity index (χ4v) is 2.90. The van der Waals surface area contributed by atoms with Crippen molar-refractivity contribution in [3.05, 3.63) is 24.0 Å². The molecule has 3 unspecified atom stereocenters. The SMILES string of the molecule is CCC1CCC(Nc2ccnc(C(N)=O)c2)C1C. The topological polar surface area (TPSA) is 68.0 Å². The van der Waals surface area contributed by atoms with Gasteiger partial charge in [-0.2, -0.15) is 0 Å². The first kappa shape index (κ1) is 12.9. The zero-order valence-corrected chi connectivity index (χ0v) is 11.0. The van der Waals surface area contributed by atoms with Crippen LogP contribution in [0.4, 0.5) is 5.69 Å². The molecule has 3 atom stereocenters. The number of primary amides is 1. The minimum absolute atomic E-state index is 0.317. The number of pyridine rings is 1. The summed E-state index contributed by atoms with van der Waals surface area (Å²) in [6, 6.07) is 4.10. The fourth-order valence-electron chi connectivity index (χ4n) is 2.90. The van der Waals surface area contributed by atoms with Gasteiger partial charge in [0.05, 0.1) is 0 Å². The van der Waals surface area contributed by atoms with Crippen LogP contribution in [0, 0.1) is 11.8 Å². The Bertz CT molecular complexity index is 433. The molecule has 0 aromatic carbocycles. The number of carbonyl (C=O) groups excluding carboxylic acids is 1. The van der Waals surface area contributed by atoms with Gasteiger partial charge in [-0.15, -0.1) is 0 Å². The predicted octanol–water partition coefficient (Wildman–Crippen LogP) is 2.42. The van der Waals surface area contributed by atoms with Crippen molar-refractivity contribution >= 4 is 11.6 Å². The van der Waals surface area contributed by atoms with Crippen molar-refractivity contribution in [2.45, 2.75) is 39.2 Å². The highest BCUT2D eigenvalue weighted by molar-refractivity contribution is 5.91. The van der Waals surface area contributed by atoms with E-state index in [-0.39, 0.29) is 0 Å². The van der Waals surface area contributed by atoms with E-state index in [2.05, 4.69) is 24.1 Å². The molecule has 0 radical (unpaired) electrons. The number of nitrogens with one attached hydrogen (secondary N) is 1. The number of aromatic nitrogens is 1. The van der Waals surface area contributed by atoms with Crippen LogP contribution in [0.1, 0.15) is 43.6 Å². The molecule has 3 N–H and O–H groups in total. The summed E-state index contributed by atoms with van der Waals surface area (Å²) < 4.78 is 0. The lowest BCUT2D eigenvalue weighted by Gasteiger charge is -2.22. The van der Waals surface area contributed by atoms with E-state index in [9.17, 15) is 4.79 Å². The van der Waals surface area contributed by atoms with Gasteiger partial charge in [0.2, 0.25) is 0 Å². The minimum atomic E-state index is -0.482. The van der Waals surface area contributed by atoms with Crippen molar-refractivity contribution in [1.29, 1.82) is 0 Å². The highest BCUT2D eigenvalue weighted by Crippen LogP contribution is 2.35. The number of hydrogen-bond donors (Lipinski definition) is 2. The van der Waals surface area contributed by atoms with Gasteiger partial charge in [-0.1, -0.05) is 20.3 Å². The number of nitrogens with zero attached hydrogens (tertiary/aromatic N) is 1. The van der Waals surface area contributed by atoms with E-state index in [1.807, 2.05) is 6.07 Å². The molecule has 0 bridgehead atoms. The number of rotatable bonds is 4. The lowest BCUT2D eigenvalue weighted by atomic mass is 9.93. The second kappa shape index (κ2) is 5.38. The molecule has 18 heavy (non-hydrogen) atoms. The summed E-state index contributed by atoms with van der Waals surface area (Å²) in [5.41, 5.74) is 6.49. The number of amides is 1. The van der Waals surface area contributed by atoms with Gasteiger partial charge in [0, 0.05) is 17.9 Å². The Kier molecular flexibility index (Phi) is 3.84. The summed E-state index contributed by atoms with van der Waals surface area (Å²) in [5.74, 6) is 0.990. The van der Waals surface area contributed by atoms with E-state index in [0.717, 1.165) is 11.6 Å². The zero-order valence-electron chi connectivity index (χ0n) is 11.0. The maximum Gasteiger partial charge on any atom is 0.267 e. The largest absolute Gasteiger partial charge is 0.382 e. The third-order valence-corrected chi connectivity index (χ3v) is 4.12. The van der Waals surface area contributed by atoms with Crippen LogP contribution in [0.15, 0.2) is 18.3 Å². The smallest absolute Gasteiger partial charge is 0.267 e. The second-order valence-electron chi connectivity index (χ2n) is 5.15. The highest BCUT2D eigenvalue weighted by atomic mass is 16.1. The van der Waals surface area contributed by atoms with E-state index < -0.39 is 5.91 Å². The van der Waals surface area contributed by atoms with Gasteiger partial charge in [0.25, 0.3) is 5.91 Å². The normalized spacial score (nSPS) is 27.1. The lowest BCUT2D eigenvalue weighted by Crippen LogP contribution is -2.25. The summed E-state index contributed by atoms with van der Waals surface area (Å²) >= 11 is 0. The molecule has 2 rings (SSSR count). The molecular formula is C14H21N3O. The molecule has 1 heterocycles. The molecule has 0 saturated heterocycles. The number of hydrogen-bond acceptors (Lipinski definition) is 3. The average molecular weight is 247 g/mol. The Morgan fingerprint density at radius 2 is 2.33 bits per heavy atom. The zero-order chi connectivity index (χ0) is 13.1. The molecule has 0 aliphatic heterocycles. The van der Waals surface area contributed by atoms with Crippen molar-refractivity contribution in [2.24, 2.45) is 17.6 Å². The molecule has 1 aromatic heterocycles. The lowest BCUT2D eigenvalue weighted by molar-refractivity contribution is 0.0995. The summed E-state index contributed by atoms with van der Waals surface area (Å²) in [7, 11) is 0. The van der Waals surface area contributed by atoms with E-state index in [4.69, 9.17) is 5.73 Å². The van der Waals surface area contributed by atoms with E-state index in [1.54, 1.807) is 12.3 Å². The first-order valence-electron chi connectivity index (χ1n) is 6.64. The van der Waals surface area contributed by atoms with Crippen LogP contribution < -0.4 is 11.1 Å². The van der Waals surface area contributed by atoms with E-state index in [1.165, 1.54) is 19.3 Å².